The lowest BCUT2D eigenvalue weighted by Gasteiger charge is -2.19. The molecule has 1 N–H and O–H groups in total. The first-order valence-electron chi connectivity index (χ1n) is 5.35. The van der Waals surface area contributed by atoms with Crippen molar-refractivity contribution < 1.29 is 8.42 Å². The third-order valence-electron chi connectivity index (χ3n) is 2.14. The predicted molar refractivity (Wildman–Crippen MR) is 70.8 cm³/mol. The van der Waals surface area contributed by atoms with Crippen LogP contribution in [-0.2, 0) is 10.0 Å². The van der Waals surface area contributed by atoms with E-state index in [9.17, 15) is 8.42 Å². The van der Waals surface area contributed by atoms with Crippen LogP contribution in [0.4, 0.5) is 0 Å². The molecule has 18 heavy (non-hydrogen) atoms. The van der Waals surface area contributed by atoms with Crippen molar-refractivity contribution in [3.05, 3.63) is 28.8 Å². The second-order valence-corrected chi connectivity index (χ2v) is 7.28. The highest BCUT2D eigenvalue weighted by Gasteiger charge is 2.21. The molecule has 0 atom stereocenters. The fourth-order valence-corrected chi connectivity index (χ4v) is 2.98. The molecule has 0 spiro atoms. The molecule has 1 rings (SSSR count). The Morgan fingerprint density at radius 3 is 2.50 bits per heavy atom. The van der Waals surface area contributed by atoms with Crippen LogP contribution >= 0.6 is 11.6 Å². The summed E-state index contributed by atoms with van der Waals surface area (Å²) in [5, 5.41) is 8.88. The van der Waals surface area contributed by atoms with Crippen LogP contribution in [0.1, 0.15) is 26.3 Å². The number of nitrogens with one attached hydrogen (secondary N) is 1. The predicted octanol–water partition coefficient (Wildman–Crippen LogP) is 2.54. The van der Waals surface area contributed by atoms with E-state index >= 15 is 0 Å². The minimum absolute atomic E-state index is 0.0625. The van der Waals surface area contributed by atoms with E-state index in [-0.39, 0.29) is 20.9 Å². The minimum atomic E-state index is -3.69. The maximum absolute atomic E-state index is 12.1. The first-order chi connectivity index (χ1) is 8.15. The third kappa shape index (κ3) is 3.98. The van der Waals surface area contributed by atoms with Crippen molar-refractivity contribution in [2.75, 3.05) is 6.54 Å². The van der Waals surface area contributed by atoms with E-state index in [1.54, 1.807) is 0 Å². The third-order valence-corrected chi connectivity index (χ3v) is 4.03. The van der Waals surface area contributed by atoms with Crippen LogP contribution in [0, 0.1) is 16.7 Å². The molecule has 1 aromatic carbocycles. The Morgan fingerprint density at radius 1 is 1.39 bits per heavy atom. The Labute approximate surface area is 113 Å². The van der Waals surface area contributed by atoms with Gasteiger partial charge in [0.2, 0.25) is 10.0 Å². The molecular formula is C12H15ClN2O2S. The van der Waals surface area contributed by atoms with Crippen molar-refractivity contribution in [1.29, 1.82) is 5.26 Å². The average molecular weight is 287 g/mol. The zero-order valence-electron chi connectivity index (χ0n) is 10.5. The zero-order chi connectivity index (χ0) is 14.0. The average Bonchev–Trinajstić information content (AvgIpc) is 2.26. The van der Waals surface area contributed by atoms with Crippen molar-refractivity contribution in [1.82, 2.24) is 4.72 Å². The summed E-state index contributed by atoms with van der Waals surface area (Å²) < 4.78 is 26.6. The lowest BCUT2D eigenvalue weighted by Crippen LogP contribution is -2.32. The molecule has 6 heteroatoms. The topological polar surface area (TPSA) is 70.0 Å². The summed E-state index contributed by atoms with van der Waals surface area (Å²) in [5.41, 5.74) is 0.0855. The zero-order valence-corrected chi connectivity index (χ0v) is 12.1. The van der Waals surface area contributed by atoms with Crippen molar-refractivity contribution in [3.8, 4) is 6.07 Å². The summed E-state index contributed by atoms with van der Waals surface area (Å²) in [6.45, 7) is 6.05. The maximum Gasteiger partial charge on any atom is 0.242 e. The summed E-state index contributed by atoms with van der Waals surface area (Å²) in [6, 6.07) is 6.05. The smallest absolute Gasteiger partial charge is 0.211 e. The van der Waals surface area contributed by atoms with Gasteiger partial charge >= 0.3 is 0 Å². The van der Waals surface area contributed by atoms with E-state index in [2.05, 4.69) is 4.72 Å². The first-order valence-corrected chi connectivity index (χ1v) is 7.21. The van der Waals surface area contributed by atoms with Gasteiger partial charge in [0.05, 0.1) is 16.7 Å². The van der Waals surface area contributed by atoms with E-state index in [0.29, 0.717) is 6.54 Å². The number of hydrogen-bond acceptors (Lipinski definition) is 3. The fraction of sp³-hybridized carbons (Fsp3) is 0.417. The summed E-state index contributed by atoms with van der Waals surface area (Å²) >= 11 is 5.86. The van der Waals surface area contributed by atoms with Gasteiger partial charge in [-0.3, -0.25) is 0 Å². The monoisotopic (exact) mass is 286 g/mol. The number of nitrogens with zero attached hydrogens (tertiary/aromatic N) is 1. The molecule has 0 aliphatic rings. The highest BCUT2D eigenvalue weighted by Crippen LogP contribution is 2.23. The molecule has 0 saturated carbocycles. The number of nitriles is 1. The second kappa shape index (κ2) is 5.27. The molecule has 0 unspecified atom stereocenters. The SMILES string of the molecule is CC(C)(C)CNS(=O)(=O)c1cc(C#N)ccc1Cl. The second-order valence-electron chi connectivity index (χ2n) is 5.14. The Hall–Kier alpha value is -1.09. The molecule has 0 aliphatic heterocycles. The quantitative estimate of drug-likeness (QED) is 0.928. The van der Waals surface area contributed by atoms with Gasteiger partial charge in [0, 0.05) is 6.54 Å². The molecular weight excluding hydrogens is 272 g/mol. The minimum Gasteiger partial charge on any atom is -0.211 e. The van der Waals surface area contributed by atoms with Gasteiger partial charge in [-0.15, -0.1) is 0 Å². The molecule has 0 aromatic heterocycles. The number of benzene rings is 1. The van der Waals surface area contributed by atoms with Crippen LogP contribution in [0.3, 0.4) is 0 Å². The van der Waals surface area contributed by atoms with Crippen LogP contribution in [0.15, 0.2) is 23.1 Å². The van der Waals surface area contributed by atoms with Crippen molar-refractivity contribution in [2.45, 2.75) is 25.7 Å². The molecule has 1 aromatic rings. The van der Waals surface area contributed by atoms with Gasteiger partial charge in [0.25, 0.3) is 0 Å². The van der Waals surface area contributed by atoms with Gasteiger partial charge in [0.15, 0.2) is 0 Å². The lowest BCUT2D eigenvalue weighted by molar-refractivity contribution is 0.407. The van der Waals surface area contributed by atoms with Crippen LogP contribution in [0.25, 0.3) is 0 Å². The maximum atomic E-state index is 12.1. The van der Waals surface area contributed by atoms with Crippen LogP contribution in [0.5, 0.6) is 0 Å². The van der Waals surface area contributed by atoms with Crippen molar-refractivity contribution >= 4 is 21.6 Å². The molecule has 4 nitrogen and oxygen atoms in total. The van der Waals surface area contributed by atoms with E-state index in [1.807, 2.05) is 26.8 Å². The highest BCUT2D eigenvalue weighted by molar-refractivity contribution is 7.89. The largest absolute Gasteiger partial charge is 0.242 e. The van der Waals surface area contributed by atoms with E-state index in [4.69, 9.17) is 16.9 Å². The Morgan fingerprint density at radius 2 is 2.00 bits per heavy atom. The summed E-state index contributed by atoms with van der Waals surface area (Å²) in [6.07, 6.45) is 0. The number of halogens is 1. The van der Waals surface area contributed by atoms with E-state index in [0.717, 1.165) is 0 Å². The molecule has 0 bridgehead atoms. The number of sulfonamides is 1. The van der Waals surface area contributed by atoms with Gasteiger partial charge in [-0.25, -0.2) is 13.1 Å². The van der Waals surface area contributed by atoms with Crippen LogP contribution < -0.4 is 4.72 Å². The first kappa shape index (κ1) is 15.0. The summed E-state index contributed by atoms with van der Waals surface area (Å²) in [5.74, 6) is 0. The standard InChI is InChI=1S/C12H15ClN2O2S/c1-12(2,3)8-15-18(16,17)11-6-9(7-14)4-5-10(11)13/h4-6,15H,8H2,1-3H3. The Balaban J connectivity index is 3.09. The fourth-order valence-electron chi connectivity index (χ4n) is 1.17. The summed E-state index contributed by atoms with van der Waals surface area (Å²) in [7, 11) is -3.69. The summed E-state index contributed by atoms with van der Waals surface area (Å²) in [4.78, 5) is -0.0625. The number of rotatable bonds is 3. The molecule has 0 heterocycles. The Kier molecular flexibility index (Phi) is 4.38. The highest BCUT2D eigenvalue weighted by atomic mass is 35.5. The lowest BCUT2D eigenvalue weighted by atomic mass is 9.98. The molecule has 0 fully saturated rings. The van der Waals surface area contributed by atoms with Crippen molar-refractivity contribution in [2.24, 2.45) is 5.41 Å². The van der Waals surface area contributed by atoms with Crippen molar-refractivity contribution in [3.63, 3.8) is 0 Å². The molecule has 0 amide bonds. The van der Waals surface area contributed by atoms with E-state index in [1.165, 1.54) is 18.2 Å². The van der Waals surface area contributed by atoms with E-state index < -0.39 is 10.0 Å². The van der Waals surface area contributed by atoms with Gasteiger partial charge in [-0.1, -0.05) is 32.4 Å². The molecule has 0 saturated heterocycles. The number of hydrogen-bond donors (Lipinski definition) is 1. The van der Waals surface area contributed by atoms with Crippen LogP contribution in [0.2, 0.25) is 5.02 Å². The van der Waals surface area contributed by atoms with Gasteiger partial charge in [-0.2, -0.15) is 5.26 Å². The van der Waals surface area contributed by atoms with Gasteiger partial charge < -0.3 is 0 Å². The normalized spacial score (nSPS) is 12.2. The molecule has 0 radical (unpaired) electrons. The van der Waals surface area contributed by atoms with Crippen LogP contribution in [-0.4, -0.2) is 15.0 Å². The van der Waals surface area contributed by atoms with Gasteiger partial charge in [-0.05, 0) is 23.6 Å². The molecule has 98 valence electrons. The molecule has 0 aliphatic carbocycles. The Bertz CT molecular complexity index is 583. The van der Waals surface area contributed by atoms with Gasteiger partial charge in [0.1, 0.15) is 4.90 Å².